The molecule has 6 heteroatoms. The zero-order valence-corrected chi connectivity index (χ0v) is 13.7. The molecular weight excluding hydrogens is 312 g/mol. The lowest BCUT2D eigenvalue weighted by molar-refractivity contribution is 0.720. The Morgan fingerprint density at radius 3 is 2.56 bits per heavy atom. The Bertz CT molecular complexity index is 1100. The Balaban J connectivity index is 1.87. The van der Waals surface area contributed by atoms with Crippen LogP contribution in [0.25, 0.3) is 17.0 Å². The van der Waals surface area contributed by atoms with Crippen molar-refractivity contribution in [2.24, 2.45) is 0 Å². The summed E-state index contributed by atoms with van der Waals surface area (Å²) < 4.78 is 3.75. The average Bonchev–Trinajstić information content (AvgIpc) is 3.15. The third-order valence-corrected chi connectivity index (χ3v) is 4.11. The Morgan fingerprint density at radius 1 is 1.12 bits per heavy atom. The first-order chi connectivity index (χ1) is 12.2. The predicted molar refractivity (Wildman–Crippen MR) is 96.3 cm³/mol. The molecule has 0 aliphatic heterocycles. The molecule has 122 valence electrons. The standard InChI is InChI=1S/C19H16N6/c1-13-10-18(21)25(23-13)19-22-16-4-2-3-5-17(16)24(19)12-15-8-6-14(11-20)7-9-15/h2-10H,12,21H2,1H3. The van der Waals surface area contributed by atoms with Crippen LogP contribution in [0.5, 0.6) is 0 Å². The molecule has 2 N–H and O–H groups in total. The van der Waals surface area contributed by atoms with E-state index in [2.05, 4.69) is 15.7 Å². The molecule has 2 heterocycles. The van der Waals surface area contributed by atoms with Gasteiger partial charge in [0.2, 0.25) is 5.95 Å². The van der Waals surface area contributed by atoms with E-state index in [-0.39, 0.29) is 0 Å². The van der Waals surface area contributed by atoms with Crippen LogP contribution in [0.3, 0.4) is 0 Å². The quantitative estimate of drug-likeness (QED) is 0.626. The number of nitrogen functional groups attached to an aromatic ring is 1. The second-order valence-electron chi connectivity index (χ2n) is 5.92. The number of fused-ring (bicyclic) bond motifs is 1. The first-order valence-corrected chi connectivity index (χ1v) is 7.92. The molecule has 0 atom stereocenters. The number of nitrogens with zero attached hydrogens (tertiary/aromatic N) is 5. The van der Waals surface area contributed by atoms with Crippen molar-refractivity contribution in [1.29, 1.82) is 5.26 Å². The summed E-state index contributed by atoms with van der Waals surface area (Å²) in [6.07, 6.45) is 0. The number of rotatable bonds is 3. The fourth-order valence-corrected chi connectivity index (χ4v) is 2.93. The van der Waals surface area contributed by atoms with E-state index in [0.29, 0.717) is 23.9 Å². The number of nitriles is 1. The second kappa shape index (κ2) is 5.80. The van der Waals surface area contributed by atoms with Gasteiger partial charge in [-0.3, -0.25) is 0 Å². The topological polar surface area (TPSA) is 85.5 Å². The van der Waals surface area contributed by atoms with Crippen LogP contribution in [0.2, 0.25) is 0 Å². The highest BCUT2D eigenvalue weighted by Gasteiger charge is 2.15. The van der Waals surface area contributed by atoms with Gasteiger partial charge < -0.3 is 10.3 Å². The first kappa shape index (κ1) is 15.0. The summed E-state index contributed by atoms with van der Waals surface area (Å²) in [6, 6.07) is 19.5. The number of aromatic nitrogens is 4. The number of para-hydroxylation sites is 2. The van der Waals surface area contributed by atoms with Gasteiger partial charge in [-0.2, -0.15) is 15.0 Å². The monoisotopic (exact) mass is 328 g/mol. The number of hydrogen-bond acceptors (Lipinski definition) is 4. The molecule has 6 nitrogen and oxygen atoms in total. The molecule has 2 aromatic carbocycles. The number of nitrogens with two attached hydrogens (primary N) is 1. The Labute approximate surface area is 144 Å². The summed E-state index contributed by atoms with van der Waals surface area (Å²) in [7, 11) is 0. The first-order valence-electron chi connectivity index (χ1n) is 7.92. The third kappa shape index (κ3) is 2.62. The lowest BCUT2D eigenvalue weighted by atomic mass is 10.1. The van der Waals surface area contributed by atoms with E-state index in [1.165, 1.54) is 0 Å². The zero-order chi connectivity index (χ0) is 17.4. The molecule has 25 heavy (non-hydrogen) atoms. The fraction of sp³-hybridized carbons (Fsp3) is 0.105. The second-order valence-corrected chi connectivity index (χ2v) is 5.92. The van der Waals surface area contributed by atoms with Gasteiger partial charge in [-0.1, -0.05) is 24.3 Å². The van der Waals surface area contributed by atoms with Crippen LogP contribution in [0.1, 0.15) is 16.8 Å². The molecule has 0 fully saturated rings. The molecule has 4 rings (SSSR count). The zero-order valence-electron chi connectivity index (χ0n) is 13.7. The normalized spacial score (nSPS) is 10.9. The van der Waals surface area contributed by atoms with Crippen molar-refractivity contribution in [3.05, 3.63) is 71.4 Å². The third-order valence-electron chi connectivity index (χ3n) is 4.11. The van der Waals surface area contributed by atoms with E-state index < -0.39 is 0 Å². The van der Waals surface area contributed by atoms with Gasteiger partial charge in [-0.25, -0.2) is 4.98 Å². The highest BCUT2D eigenvalue weighted by molar-refractivity contribution is 5.77. The van der Waals surface area contributed by atoms with Crippen molar-refractivity contribution in [3.8, 4) is 12.0 Å². The lowest BCUT2D eigenvalue weighted by Gasteiger charge is -2.10. The minimum absolute atomic E-state index is 0.550. The van der Waals surface area contributed by atoms with Gasteiger partial charge in [0, 0.05) is 6.07 Å². The van der Waals surface area contributed by atoms with Gasteiger partial charge in [0.25, 0.3) is 0 Å². The number of imidazole rings is 1. The molecule has 0 amide bonds. The number of benzene rings is 2. The molecule has 0 aliphatic rings. The van der Waals surface area contributed by atoms with Gasteiger partial charge in [0.15, 0.2) is 0 Å². The summed E-state index contributed by atoms with van der Waals surface area (Å²) in [6.45, 7) is 2.51. The maximum Gasteiger partial charge on any atom is 0.234 e. The summed E-state index contributed by atoms with van der Waals surface area (Å²) >= 11 is 0. The van der Waals surface area contributed by atoms with E-state index in [1.54, 1.807) is 4.68 Å². The molecule has 2 aromatic heterocycles. The molecule has 0 saturated carbocycles. The van der Waals surface area contributed by atoms with Crippen molar-refractivity contribution in [1.82, 2.24) is 19.3 Å². The van der Waals surface area contributed by atoms with E-state index >= 15 is 0 Å². The van der Waals surface area contributed by atoms with E-state index in [1.807, 2.05) is 61.5 Å². The highest BCUT2D eigenvalue weighted by atomic mass is 15.4. The molecule has 0 saturated heterocycles. The Hall–Kier alpha value is -3.59. The highest BCUT2D eigenvalue weighted by Crippen LogP contribution is 2.22. The molecule has 0 bridgehead atoms. The molecule has 0 radical (unpaired) electrons. The van der Waals surface area contributed by atoms with Crippen LogP contribution < -0.4 is 5.73 Å². The van der Waals surface area contributed by atoms with Gasteiger partial charge >= 0.3 is 0 Å². The predicted octanol–water partition coefficient (Wildman–Crippen LogP) is 3.03. The van der Waals surface area contributed by atoms with Crippen LogP contribution in [0.15, 0.2) is 54.6 Å². The van der Waals surface area contributed by atoms with Gasteiger partial charge in [0.1, 0.15) is 5.82 Å². The Morgan fingerprint density at radius 2 is 1.88 bits per heavy atom. The van der Waals surface area contributed by atoms with Crippen molar-refractivity contribution in [2.75, 3.05) is 5.73 Å². The maximum atomic E-state index is 8.96. The number of aryl methyl sites for hydroxylation is 1. The van der Waals surface area contributed by atoms with Crippen LogP contribution >= 0.6 is 0 Å². The number of hydrogen-bond donors (Lipinski definition) is 1. The molecule has 0 unspecified atom stereocenters. The van der Waals surface area contributed by atoms with Crippen molar-refractivity contribution in [3.63, 3.8) is 0 Å². The van der Waals surface area contributed by atoms with E-state index in [9.17, 15) is 0 Å². The fourth-order valence-electron chi connectivity index (χ4n) is 2.93. The van der Waals surface area contributed by atoms with Crippen molar-refractivity contribution < 1.29 is 0 Å². The average molecular weight is 328 g/mol. The largest absolute Gasteiger partial charge is 0.383 e. The van der Waals surface area contributed by atoms with Crippen molar-refractivity contribution >= 4 is 16.9 Å². The Kier molecular flexibility index (Phi) is 3.47. The minimum atomic E-state index is 0.550. The van der Waals surface area contributed by atoms with E-state index in [4.69, 9.17) is 16.0 Å². The van der Waals surface area contributed by atoms with Gasteiger partial charge in [-0.05, 0) is 36.8 Å². The van der Waals surface area contributed by atoms with Crippen LogP contribution in [0, 0.1) is 18.3 Å². The smallest absolute Gasteiger partial charge is 0.234 e. The summed E-state index contributed by atoms with van der Waals surface area (Å²) in [5, 5.41) is 13.4. The molecule has 0 aliphatic carbocycles. The van der Waals surface area contributed by atoms with Crippen molar-refractivity contribution in [2.45, 2.75) is 13.5 Å². The lowest BCUT2D eigenvalue weighted by Crippen LogP contribution is -2.11. The molecule has 0 spiro atoms. The molecular formula is C19H16N6. The van der Waals surface area contributed by atoms with Crippen LogP contribution in [-0.4, -0.2) is 19.3 Å². The maximum absolute atomic E-state index is 8.96. The minimum Gasteiger partial charge on any atom is -0.383 e. The number of anilines is 1. The SMILES string of the molecule is Cc1cc(N)n(-c2nc3ccccc3n2Cc2ccc(C#N)cc2)n1. The van der Waals surface area contributed by atoms with Gasteiger partial charge in [-0.15, -0.1) is 0 Å². The summed E-state index contributed by atoms with van der Waals surface area (Å²) in [4.78, 5) is 4.72. The van der Waals surface area contributed by atoms with E-state index in [0.717, 1.165) is 22.3 Å². The van der Waals surface area contributed by atoms with Crippen LogP contribution in [-0.2, 0) is 6.54 Å². The van der Waals surface area contributed by atoms with Crippen LogP contribution in [0.4, 0.5) is 5.82 Å². The summed E-state index contributed by atoms with van der Waals surface area (Å²) in [5.74, 6) is 1.23. The molecule has 4 aromatic rings. The van der Waals surface area contributed by atoms with Gasteiger partial charge in [0.05, 0.1) is 34.9 Å². The summed E-state index contributed by atoms with van der Waals surface area (Å²) in [5.41, 5.74) is 10.6.